The molecule has 6 nitrogen and oxygen atoms in total. The van der Waals surface area contributed by atoms with E-state index in [0.29, 0.717) is 24.9 Å². The minimum absolute atomic E-state index is 0.0775. The normalized spacial score (nSPS) is 19.3. The summed E-state index contributed by atoms with van der Waals surface area (Å²) >= 11 is 0. The van der Waals surface area contributed by atoms with Gasteiger partial charge in [0.25, 0.3) is 5.91 Å². The molecule has 0 saturated carbocycles. The number of hydrogen-bond donors (Lipinski definition) is 1. The summed E-state index contributed by atoms with van der Waals surface area (Å²) in [6.07, 6.45) is -0.0365. The Morgan fingerprint density at radius 1 is 1.21 bits per heavy atom. The van der Waals surface area contributed by atoms with Gasteiger partial charge in [-0.15, -0.1) is 5.10 Å². The molecule has 178 valence electrons. The maximum absolute atomic E-state index is 14.6. The largest absolute Gasteiger partial charge is 0.443 e. The molecule has 1 aliphatic rings. The van der Waals surface area contributed by atoms with E-state index in [2.05, 4.69) is 25.9 Å². The first kappa shape index (κ1) is 24.8. The number of rotatable bonds is 7. The number of nitrogens with two attached hydrogens (primary N) is 1. The van der Waals surface area contributed by atoms with E-state index in [1.165, 1.54) is 12.1 Å². The lowest BCUT2D eigenvalue weighted by Crippen LogP contribution is -2.48. The Kier molecular flexibility index (Phi) is 7.19. The van der Waals surface area contributed by atoms with E-state index in [9.17, 15) is 13.6 Å². The van der Waals surface area contributed by atoms with Crippen LogP contribution in [0.15, 0.2) is 47.6 Å². The summed E-state index contributed by atoms with van der Waals surface area (Å²) in [4.78, 5) is 13.3. The van der Waals surface area contributed by atoms with Gasteiger partial charge in [0.1, 0.15) is 17.7 Å². The van der Waals surface area contributed by atoms with Crippen molar-refractivity contribution in [3.8, 4) is 0 Å². The third-order valence-corrected chi connectivity index (χ3v) is 5.79. The van der Waals surface area contributed by atoms with Gasteiger partial charge in [-0.2, -0.15) is 5.01 Å². The van der Waals surface area contributed by atoms with Crippen LogP contribution in [0.25, 0.3) is 0 Å². The van der Waals surface area contributed by atoms with E-state index in [-0.39, 0.29) is 16.9 Å². The Bertz CT molecular complexity index is 1030. The zero-order chi connectivity index (χ0) is 24.4. The van der Waals surface area contributed by atoms with E-state index < -0.39 is 29.4 Å². The summed E-state index contributed by atoms with van der Waals surface area (Å²) in [5.74, 6) is -2.00. The maximum atomic E-state index is 14.6. The first-order valence-electron chi connectivity index (χ1n) is 10.9. The fraction of sp³-hybridized carbons (Fsp3) is 0.440. The van der Waals surface area contributed by atoms with Crippen LogP contribution >= 0.6 is 0 Å². The third-order valence-electron chi connectivity index (χ3n) is 5.79. The molecule has 2 unspecified atom stereocenters. The number of hydrogen-bond acceptors (Lipinski definition) is 5. The number of benzene rings is 2. The number of ether oxygens (including phenoxy) is 2. The van der Waals surface area contributed by atoms with Gasteiger partial charge in [-0.05, 0) is 49.1 Å². The second-order valence-corrected chi connectivity index (χ2v) is 9.16. The number of hydrazone groups is 1. The highest BCUT2D eigenvalue weighted by Gasteiger charge is 2.51. The molecule has 0 fully saturated rings. The van der Waals surface area contributed by atoms with Crippen molar-refractivity contribution in [2.45, 2.75) is 57.8 Å². The molecule has 2 N–H and O–H groups in total. The second kappa shape index (κ2) is 9.57. The van der Waals surface area contributed by atoms with Gasteiger partial charge in [0.2, 0.25) is 11.6 Å². The van der Waals surface area contributed by atoms with Crippen LogP contribution in [0.4, 0.5) is 8.78 Å². The molecule has 8 heteroatoms. The maximum Gasteiger partial charge on any atom is 0.275 e. The Hall–Kier alpha value is -2.84. The molecule has 0 radical (unpaired) electrons. The lowest BCUT2D eigenvalue weighted by Gasteiger charge is -2.36. The number of nitrogens with zero attached hydrogens (tertiary/aromatic N) is 2. The summed E-state index contributed by atoms with van der Waals surface area (Å²) in [7, 11) is 1.41. The fourth-order valence-corrected chi connectivity index (χ4v) is 3.72. The minimum Gasteiger partial charge on any atom is -0.443 e. The first-order chi connectivity index (χ1) is 15.5. The molecule has 33 heavy (non-hydrogen) atoms. The van der Waals surface area contributed by atoms with Gasteiger partial charge in [0.15, 0.2) is 0 Å². The number of amides is 1. The number of carbonyl (C=O) groups is 1. The van der Waals surface area contributed by atoms with E-state index in [1.54, 1.807) is 6.92 Å². The quantitative estimate of drug-likeness (QED) is 0.665. The average molecular weight is 460 g/mol. The molecule has 3 rings (SSSR count). The predicted octanol–water partition coefficient (Wildman–Crippen LogP) is 4.41. The van der Waals surface area contributed by atoms with Crippen molar-refractivity contribution in [3.05, 3.63) is 70.8 Å². The van der Waals surface area contributed by atoms with E-state index >= 15 is 0 Å². The van der Waals surface area contributed by atoms with E-state index in [1.807, 2.05) is 24.3 Å². The molecule has 0 aliphatic carbocycles. The third kappa shape index (κ3) is 4.91. The van der Waals surface area contributed by atoms with Crippen LogP contribution in [0.5, 0.6) is 0 Å². The first-order valence-corrected chi connectivity index (χ1v) is 10.9. The fourth-order valence-electron chi connectivity index (χ4n) is 3.72. The van der Waals surface area contributed by atoms with Crippen LogP contribution < -0.4 is 5.73 Å². The standard InChI is InChI=1S/C25H31F2N3O3/c1-16(32-5)23(31)30-25(13-6-14-28,18-9-7-17(8-10-18)24(2,3)4)33-22(29-30)20-15-19(26)11-12-21(20)27/h7-12,15-16H,6,13-14,28H2,1-5H3. The van der Waals surface area contributed by atoms with Crippen LogP contribution in [-0.4, -0.2) is 36.6 Å². The van der Waals surface area contributed by atoms with Gasteiger partial charge < -0.3 is 15.2 Å². The van der Waals surface area contributed by atoms with Crippen molar-refractivity contribution in [2.24, 2.45) is 10.8 Å². The van der Waals surface area contributed by atoms with Gasteiger partial charge in [-0.1, -0.05) is 45.0 Å². The van der Waals surface area contributed by atoms with Crippen LogP contribution in [0.2, 0.25) is 0 Å². The smallest absolute Gasteiger partial charge is 0.275 e. The molecule has 2 aromatic rings. The highest BCUT2D eigenvalue weighted by Crippen LogP contribution is 2.42. The lowest BCUT2D eigenvalue weighted by atomic mass is 9.85. The highest BCUT2D eigenvalue weighted by atomic mass is 19.1. The van der Waals surface area contributed by atoms with Gasteiger partial charge in [0, 0.05) is 19.1 Å². The average Bonchev–Trinajstić information content (AvgIpc) is 3.18. The van der Waals surface area contributed by atoms with Gasteiger partial charge in [0.05, 0.1) is 5.56 Å². The highest BCUT2D eigenvalue weighted by molar-refractivity contribution is 5.97. The Morgan fingerprint density at radius 2 is 1.88 bits per heavy atom. The minimum atomic E-state index is -1.38. The molecule has 2 aromatic carbocycles. The molecule has 0 aromatic heterocycles. The van der Waals surface area contributed by atoms with Crippen LogP contribution in [0.3, 0.4) is 0 Å². The molecule has 1 aliphatic heterocycles. The second-order valence-electron chi connectivity index (χ2n) is 9.16. The van der Waals surface area contributed by atoms with Gasteiger partial charge in [-0.25, -0.2) is 8.78 Å². The predicted molar refractivity (Wildman–Crippen MR) is 122 cm³/mol. The van der Waals surface area contributed by atoms with Crippen molar-refractivity contribution < 1.29 is 23.0 Å². The number of halogens is 2. The topological polar surface area (TPSA) is 77.1 Å². The molecule has 0 spiro atoms. The number of carbonyl (C=O) groups excluding carboxylic acids is 1. The van der Waals surface area contributed by atoms with Crippen molar-refractivity contribution in [1.82, 2.24) is 5.01 Å². The number of methoxy groups -OCH3 is 1. The molecule has 0 bridgehead atoms. The Morgan fingerprint density at radius 3 is 2.45 bits per heavy atom. The van der Waals surface area contributed by atoms with E-state index in [4.69, 9.17) is 15.2 Å². The summed E-state index contributed by atoms with van der Waals surface area (Å²) in [5, 5.41) is 5.52. The molecule has 2 atom stereocenters. The SMILES string of the molecule is COC(C)C(=O)N1N=C(c2cc(F)ccc2F)OC1(CCCN)c1ccc(C(C)(C)C)cc1. The summed E-state index contributed by atoms with van der Waals surface area (Å²) in [6.45, 7) is 8.23. The van der Waals surface area contributed by atoms with Crippen LogP contribution in [0, 0.1) is 11.6 Å². The Labute approximate surface area is 193 Å². The van der Waals surface area contributed by atoms with Gasteiger partial charge >= 0.3 is 0 Å². The van der Waals surface area contributed by atoms with Gasteiger partial charge in [-0.3, -0.25) is 4.79 Å². The molecule has 0 saturated heterocycles. The zero-order valence-corrected chi connectivity index (χ0v) is 19.7. The van der Waals surface area contributed by atoms with E-state index in [0.717, 1.165) is 23.8 Å². The molecule has 1 heterocycles. The van der Waals surface area contributed by atoms with Crippen molar-refractivity contribution in [3.63, 3.8) is 0 Å². The monoisotopic (exact) mass is 459 g/mol. The van der Waals surface area contributed by atoms with Crippen LogP contribution in [0.1, 0.15) is 57.2 Å². The lowest BCUT2D eigenvalue weighted by molar-refractivity contribution is -0.162. The summed E-state index contributed by atoms with van der Waals surface area (Å²) < 4.78 is 40.0. The molecular formula is C25H31F2N3O3. The molecular weight excluding hydrogens is 428 g/mol. The Balaban J connectivity index is 2.17. The van der Waals surface area contributed by atoms with Crippen molar-refractivity contribution in [1.29, 1.82) is 0 Å². The van der Waals surface area contributed by atoms with Crippen LogP contribution in [-0.2, 0) is 25.4 Å². The summed E-state index contributed by atoms with van der Waals surface area (Å²) in [5.41, 5.74) is 5.91. The molecule has 1 amide bonds. The zero-order valence-electron chi connectivity index (χ0n) is 19.7. The van der Waals surface area contributed by atoms with Crippen molar-refractivity contribution >= 4 is 11.8 Å². The summed E-state index contributed by atoms with van der Waals surface area (Å²) in [6, 6.07) is 10.7. The van der Waals surface area contributed by atoms with Crippen molar-refractivity contribution in [2.75, 3.05) is 13.7 Å².